The quantitative estimate of drug-likeness (QED) is 0.660. The van der Waals surface area contributed by atoms with Crippen molar-refractivity contribution < 1.29 is 14.4 Å². The number of carbonyl (C=O) groups excluding carboxylic acids is 3. The summed E-state index contributed by atoms with van der Waals surface area (Å²) in [5, 5.41) is 3.20. The summed E-state index contributed by atoms with van der Waals surface area (Å²) in [5.41, 5.74) is 3.21. The summed E-state index contributed by atoms with van der Waals surface area (Å²) in [6.07, 6.45) is 3.06. The first-order valence-electron chi connectivity index (χ1n) is 12.6. The Bertz CT molecular complexity index is 1080. The van der Waals surface area contributed by atoms with Crippen molar-refractivity contribution in [2.24, 2.45) is 17.8 Å². The summed E-state index contributed by atoms with van der Waals surface area (Å²) in [4.78, 5) is 50.0. The molecule has 2 aliphatic heterocycles. The maximum Gasteiger partial charge on any atom is 0.257 e. The largest absolute Gasteiger partial charge is 0.349 e. The summed E-state index contributed by atoms with van der Waals surface area (Å²) in [5.74, 6) is 0.961. The zero-order valence-electron chi connectivity index (χ0n) is 20.4. The topological polar surface area (TPSA) is 95.5 Å². The molecule has 3 heterocycles. The molecule has 2 amide bonds. The van der Waals surface area contributed by atoms with Crippen LogP contribution >= 0.6 is 0 Å². The van der Waals surface area contributed by atoms with E-state index in [0.29, 0.717) is 30.2 Å². The van der Waals surface area contributed by atoms with E-state index in [1.54, 1.807) is 0 Å². The lowest BCUT2D eigenvalue weighted by Gasteiger charge is -2.28. The molecular formula is C27H33N5O3. The van der Waals surface area contributed by atoms with Crippen LogP contribution < -0.4 is 5.32 Å². The first-order chi connectivity index (χ1) is 16.9. The summed E-state index contributed by atoms with van der Waals surface area (Å²) in [6.45, 7) is 8.07. The monoisotopic (exact) mass is 475 g/mol. The molecule has 1 aliphatic carbocycles. The van der Waals surface area contributed by atoms with E-state index >= 15 is 0 Å². The minimum absolute atomic E-state index is 0.0126. The van der Waals surface area contributed by atoms with E-state index in [1.165, 1.54) is 6.33 Å². The number of aromatic nitrogens is 2. The smallest absolute Gasteiger partial charge is 0.257 e. The summed E-state index contributed by atoms with van der Waals surface area (Å²) in [7, 11) is 0. The second-order valence-corrected chi connectivity index (χ2v) is 10.3. The van der Waals surface area contributed by atoms with E-state index in [4.69, 9.17) is 0 Å². The molecule has 2 aromatic rings. The molecule has 35 heavy (non-hydrogen) atoms. The lowest BCUT2D eigenvalue weighted by atomic mass is 9.83. The zero-order valence-corrected chi connectivity index (χ0v) is 20.4. The Morgan fingerprint density at radius 3 is 2.23 bits per heavy atom. The lowest BCUT2D eigenvalue weighted by Crippen LogP contribution is -2.41. The molecule has 5 rings (SSSR count). The van der Waals surface area contributed by atoms with E-state index in [9.17, 15) is 14.4 Å². The van der Waals surface area contributed by atoms with Crippen molar-refractivity contribution in [2.45, 2.75) is 39.2 Å². The van der Waals surface area contributed by atoms with Crippen molar-refractivity contribution in [1.29, 1.82) is 0 Å². The number of carbonyl (C=O) groups is 3. The molecule has 0 spiro atoms. The zero-order chi connectivity index (χ0) is 24.5. The molecule has 1 N–H and O–H groups in total. The Morgan fingerprint density at radius 1 is 1.00 bits per heavy atom. The van der Waals surface area contributed by atoms with Crippen LogP contribution in [0.15, 0.2) is 36.7 Å². The third-order valence-electron chi connectivity index (χ3n) is 7.86. The molecule has 8 nitrogen and oxygen atoms in total. The average molecular weight is 476 g/mol. The first kappa shape index (κ1) is 23.6. The van der Waals surface area contributed by atoms with Gasteiger partial charge in [0.2, 0.25) is 5.91 Å². The van der Waals surface area contributed by atoms with E-state index in [0.717, 1.165) is 56.1 Å². The van der Waals surface area contributed by atoms with Crippen LogP contribution in [0.3, 0.4) is 0 Å². The van der Waals surface area contributed by atoms with Crippen LogP contribution in [0.5, 0.6) is 0 Å². The highest BCUT2D eigenvalue weighted by Gasteiger charge is 2.42. The van der Waals surface area contributed by atoms with E-state index in [-0.39, 0.29) is 29.6 Å². The van der Waals surface area contributed by atoms with Crippen molar-refractivity contribution >= 4 is 17.6 Å². The van der Waals surface area contributed by atoms with E-state index in [2.05, 4.69) is 32.3 Å². The van der Waals surface area contributed by atoms with Gasteiger partial charge in [0.1, 0.15) is 12.1 Å². The number of ketones is 1. The van der Waals surface area contributed by atoms with Crippen LogP contribution in [0.25, 0.3) is 0 Å². The number of amides is 2. The molecule has 2 unspecified atom stereocenters. The van der Waals surface area contributed by atoms with Gasteiger partial charge in [-0.1, -0.05) is 30.3 Å². The molecule has 0 bridgehead atoms. The summed E-state index contributed by atoms with van der Waals surface area (Å²) >= 11 is 0. The van der Waals surface area contributed by atoms with Gasteiger partial charge in [-0.15, -0.1) is 0 Å². The van der Waals surface area contributed by atoms with Gasteiger partial charge in [0.25, 0.3) is 5.91 Å². The number of rotatable bonds is 7. The normalized spacial score (nSPS) is 23.1. The third kappa shape index (κ3) is 4.98. The standard InChI is InChI=1S/C27H33N5O3/c1-17-25(18(2)29-16-28-17)27(35)32-14-21-12-31(13-22(21)15-32)9-8-24(19-6-4-3-5-7-19)30-26(34)20-10-23(33)11-20/h3-7,16,20-22,24H,8-15H2,1-2H3,(H,30,34)/t21-,22?,24?/m0/s1. The van der Waals surface area contributed by atoms with Gasteiger partial charge in [0.05, 0.1) is 28.9 Å². The Labute approximate surface area is 206 Å². The Kier molecular flexibility index (Phi) is 6.65. The molecule has 1 aromatic carbocycles. The van der Waals surface area contributed by atoms with Gasteiger partial charge in [0.15, 0.2) is 0 Å². The van der Waals surface area contributed by atoms with Gasteiger partial charge in [-0.25, -0.2) is 9.97 Å². The summed E-state index contributed by atoms with van der Waals surface area (Å²) in [6, 6.07) is 10.0. The molecule has 3 fully saturated rings. The number of benzene rings is 1. The highest BCUT2D eigenvalue weighted by Crippen LogP contribution is 2.33. The first-order valence-corrected chi connectivity index (χ1v) is 12.6. The molecule has 3 aliphatic rings. The van der Waals surface area contributed by atoms with Crippen LogP contribution in [0.4, 0.5) is 0 Å². The van der Waals surface area contributed by atoms with Crippen molar-refractivity contribution in [1.82, 2.24) is 25.1 Å². The number of nitrogens with one attached hydrogen (secondary N) is 1. The van der Waals surface area contributed by atoms with Gasteiger partial charge < -0.3 is 15.1 Å². The van der Waals surface area contributed by atoms with E-state index in [1.807, 2.05) is 36.9 Å². The number of aryl methyl sites for hydroxylation is 2. The van der Waals surface area contributed by atoms with Gasteiger partial charge >= 0.3 is 0 Å². The second-order valence-electron chi connectivity index (χ2n) is 10.3. The molecule has 0 radical (unpaired) electrons. The van der Waals surface area contributed by atoms with Crippen molar-refractivity contribution in [3.63, 3.8) is 0 Å². The van der Waals surface area contributed by atoms with Crippen LogP contribution in [0.1, 0.15) is 52.6 Å². The van der Waals surface area contributed by atoms with Crippen LogP contribution in [-0.2, 0) is 9.59 Å². The van der Waals surface area contributed by atoms with Crippen LogP contribution in [0, 0.1) is 31.6 Å². The van der Waals surface area contributed by atoms with Crippen LogP contribution in [0.2, 0.25) is 0 Å². The highest BCUT2D eigenvalue weighted by molar-refractivity contribution is 5.97. The van der Waals surface area contributed by atoms with Gasteiger partial charge in [-0.05, 0) is 37.7 Å². The highest BCUT2D eigenvalue weighted by atomic mass is 16.2. The minimum atomic E-state index is -0.175. The van der Waals surface area contributed by atoms with Crippen molar-refractivity contribution in [3.05, 3.63) is 59.2 Å². The molecule has 8 heteroatoms. The van der Waals surface area contributed by atoms with Crippen LogP contribution in [-0.4, -0.2) is 70.1 Å². The summed E-state index contributed by atoms with van der Waals surface area (Å²) < 4.78 is 0. The molecule has 2 saturated heterocycles. The Morgan fingerprint density at radius 2 is 1.63 bits per heavy atom. The molecule has 184 valence electrons. The Balaban J connectivity index is 1.16. The number of Topliss-reactive ketones (excluding diaryl/α,β-unsaturated/α-hetero) is 1. The Hall–Kier alpha value is -3.13. The maximum absolute atomic E-state index is 13.2. The minimum Gasteiger partial charge on any atom is -0.349 e. The lowest BCUT2D eigenvalue weighted by molar-refractivity contribution is -0.138. The number of hydrogen-bond acceptors (Lipinski definition) is 6. The molecule has 3 atom stereocenters. The van der Waals surface area contributed by atoms with Crippen molar-refractivity contribution in [2.75, 3.05) is 32.7 Å². The molecular weight excluding hydrogens is 442 g/mol. The molecule has 1 aromatic heterocycles. The molecule has 1 saturated carbocycles. The van der Waals surface area contributed by atoms with Gasteiger partial charge in [-0.2, -0.15) is 0 Å². The van der Waals surface area contributed by atoms with E-state index < -0.39 is 0 Å². The van der Waals surface area contributed by atoms with Gasteiger partial charge in [0, 0.05) is 45.6 Å². The predicted octanol–water partition coefficient (Wildman–Crippen LogP) is 2.32. The fourth-order valence-corrected chi connectivity index (χ4v) is 5.78. The van der Waals surface area contributed by atoms with Crippen molar-refractivity contribution in [3.8, 4) is 0 Å². The fraction of sp³-hybridized carbons (Fsp3) is 0.519. The maximum atomic E-state index is 13.2. The second kappa shape index (κ2) is 9.85. The van der Waals surface area contributed by atoms with Gasteiger partial charge in [-0.3, -0.25) is 14.4 Å². The number of nitrogens with zero attached hydrogens (tertiary/aromatic N) is 4. The predicted molar refractivity (Wildman–Crippen MR) is 131 cm³/mol. The number of fused-ring (bicyclic) bond motifs is 1. The fourth-order valence-electron chi connectivity index (χ4n) is 5.78. The average Bonchev–Trinajstić information content (AvgIpc) is 3.39. The SMILES string of the molecule is Cc1ncnc(C)c1C(=O)N1CC2CN(CCC(NC(=O)C3CC(=O)C3)c3ccccc3)C[C@H]2C1. The number of hydrogen-bond donors (Lipinski definition) is 1. The third-order valence-corrected chi connectivity index (χ3v) is 7.86. The number of likely N-dealkylation sites (tertiary alicyclic amines) is 2.